The number of benzene rings is 1. The van der Waals surface area contributed by atoms with Gasteiger partial charge in [0.1, 0.15) is 0 Å². The van der Waals surface area contributed by atoms with E-state index >= 15 is 0 Å². The molecule has 1 aliphatic rings. The standard InChI is InChI=1S/C15H13ClF3NO2/c1-9-3-2-6-14(22,8-9)13(21)20-10-4-5-12(16)11(7-10)15(17,18)19/h2-5,7-8,22H,6H2,1H3,(H,20,21). The third-order valence-electron chi connectivity index (χ3n) is 3.20. The lowest BCUT2D eigenvalue weighted by molar-refractivity contribution is -0.137. The summed E-state index contributed by atoms with van der Waals surface area (Å²) in [5.41, 5.74) is -2.22. The fraction of sp³-hybridized carbons (Fsp3) is 0.267. The molecule has 0 radical (unpaired) electrons. The summed E-state index contributed by atoms with van der Waals surface area (Å²) >= 11 is 5.51. The number of anilines is 1. The molecule has 3 nitrogen and oxygen atoms in total. The minimum atomic E-state index is -4.63. The number of hydrogen-bond donors (Lipinski definition) is 2. The van der Waals surface area contributed by atoms with Crippen LogP contribution in [0.5, 0.6) is 0 Å². The molecule has 0 heterocycles. The first kappa shape index (κ1) is 16.6. The second-order valence-corrected chi connectivity index (χ2v) is 5.47. The summed E-state index contributed by atoms with van der Waals surface area (Å²) in [5, 5.41) is 12.1. The molecule has 0 spiro atoms. The van der Waals surface area contributed by atoms with Crippen molar-refractivity contribution in [2.45, 2.75) is 25.1 Å². The molecule has 1 amide bonds. The molecule has 2 rings (SSSR count). The fourth-order valence-electron chi connectivity index (χ4n) is 2.13. The first-order valence-corrected chi connectivity index (χ1v) is 6.76. The highest BCUT2D eigenvalue weighted by Gasteiger charge is 2.36. The van der Waals surface area contributed by atoms with Crippen LogP contribution in [0.3, 0.4) is 0 Å². The van der Waals surface area contributed by atoms with E-state index in [0.29, 0.717) is 5.57 Å². The van der Waals surface area contributed by atoms with Crippen molar-refractivity contribution >= 4 is 23.2 Å². The molecule has 0 aliphatic heterocycles. The molecular weight excluding hydrogens is 319 g/mol. The van der Waals surface area contributed by atoms with E-state index in [4.69, 9.17) is 11.6 Å². The Balaban J connectivity index is 2.25. The van der Waals surface area contributed by atoms with Crippen LogP contribution in [-0.4, -0.2) is 16.6 Å². The van der Waals surface area contributed by atoms with Gasteiger partial charge in [-0.05, 0) is 31.2 Å². The Kier molecular flexibility index (Phi) is 4.35. The van der Waals surface area contributed by atoms with Crippen molar-refractivity contribution in [3.05, 3.63) is 52.6 Å². The molecule has 7 heteroatoms. The van der Waals surface area contributed by atoms with Crippen LogP contribution in [0, 0.1) is 0 Å². The highest BCUT2D eigenvalue weighted by atomic mass is 35.5. The topological polar surface area (TPSA) is 49.3 Å². The van der Waals surface area contributed by atoms with E-state index in [1.54, 1.807) is 19.1 Å². The lowest BCUT2D eigenvalue weighted by atomic mass is 9.91. The van der Waals surface area contributed by atoms with Crippen LogP contribution in [0.4, 0.5) is 18.9 Å². The highest BCUT2D eigenvalue weighted by molar-refractivity contribution is 6.31. The number of carbonyl (C=O) groups is 1. The van der Waals surface area contributed by atoms with Crippen molar-refractivity contribution in [1.29, 1.82) is 0 Å². The summed E-state index contributed by atoms with van der Waals surface area (Å²) in [4.78, 5) is 12.1. The first-order valence-electron chi connectivity index (χ1n) is 6.38. The summed E-state index contributed by atoms with van der Waals surface area (Å²) in [5.74, 6) is -0.799. The molecular formula is C15H13ClF3NO2. The van der Waals surface area contributed by atoms with Gasteiger partial charge in [-0.15, -0.1) is 0 Å². The van der Waals surface area contributed by atoms with E-state index in [1.165, 1.54) is 12.1 Å². The van der Waals surface area contributed by atoms with Crippen molar-refractivity contribution in [1.82, 2.24) is 0 Å². The number of nitrogens with one attached hydrogen (secondary N) is 1. The van der Waals surface area contributed by atoms with E-state index in [0.717, 1.165) is 12.1 Å². The molecule has 1 atom stereocenters. The van der Waals surface area contributed by atoms with E-state index < -0.39 is 28.3 Å². The van der Waals surface area contributed by atoms with E-state index in [2.05, 4.69) is 5.32 Å². The third-order valence-corrected chi connectivity index (χ3v) is 3.53. The molecule has 118 valence electrons. The molecule has 2 N–H and O–H groups in total. The Morgan fingerprint density at radius 2 is 2.09 bits per heavy atom. The van der Waals surface area contributed by atoms with Gasteiger partial charge in [0, 0.05) is 12.1 Å². The van der Waals surface area contributed by atoms with Gasteiger partial charge in [0.2, 0.25) is 0 Å². The second-order valence-electron chi connectivity index (χ2n) is 5.07. The third kappa shape index (κ3) is 3.51. The molecule has 0 saturated heterocycles. The van der Waals surface area contributed by atoms with Gasteiger partial charge in [-0.2, -0.15) is 13.2 Å². The zero-order valence-electron chi connectivity index (χ0n) is 11.5. The van der Waals surface area contributed by atoms with Crippen molar-refractivity contribution in [2.75, 3.05) is 5.32 Å². The number of aliphatic hydroxyl groups is 1. The molecule has 1 aliphatic carbocycles. The van der Waals surface area contributed by atoms with Crippen molar-refractivity contribution in [3.8, 4) is 0 Å². The Labute approximate surface area is 130 Å². The first-order chi connectivity index (χ1) is 10.1. The Bertz CT molecular complexity index is 667. The Morgan fingerprint density at radius 1 is 1.41 bits per heavy atom. The molecule has 1 aromatic carbocycles. The van der Waals surface area contributed by atoms with E-state index in [-0.39, 0.29) is 12.1 Å². The van der Waals surface area contributed by atoms with Crippen molar-refractivity contribution in [2.24, 2.45) is 0 Å². The normalized spacial score (nSPS) is 21.5. The van der Waals surface area contributed by atoms with E-state index in [9.17, 15) is 23.1 Å². The van der Waals surface area contributed by atoms with Crippen LogP contribution in [0.15, 0.2) is 42.0 Å². The van der Waals surface area contributed by atoms with Gasteiger partial charge in [0.05, 0.1) is 10.6 Å². The quantitative estimate of drug-likeness (QED) is 0.862. The molecule has 1 unspecified atom stereocenters. The molecule has 1 aromatic rings. The van der Waals surface area contributed by atoms with Crippen molar-refractivity contribution in [3.63, 3.8) is 0 Å². The monoisotopic (exact) mass is 331 g/mol. The number of allylic oxidation sites excluding steroid dienone is 2. The lowest BCUT2D eigenvalue weighted by Gasteiger charge is -2.25. The van der Waals surface area contributed by atoms with Gasteiger partial charge in [-0.1, -0.05) is 29.3 Å². The van der Waals surface area contributed by atoms with Crippen LogP contribution >= 0.6 is 11.6 Å². The van der Waals surface area contributed by atoms with Crippen LogP contribution in [0.1, 0.15) is 18.9 Å². The smallest absolute Gasteiger partial charge is 0.376 e. The maximum absolute atomic E-state index is 12.8. The molecule has 0 aromatic heterocycles. The zero-order valence-corrected chi connectivity index (χ0v) is 12.3. The SMILES string of the molecule is CC1=CC(O)(C(=O)Nc2ccc(Cl)c(C(F)(F)F)c2)CC=C1. The molecule has 22 heavy (non-hydrogen) atoms. The Morgan fingerprint density at radius 3 is 2.68 bits per heavy atom. The molecule has 0 saturated carbocycles. The predicted molar refractivity (Wildman–Crippen MR) is 77.5 cm³/mol. The maximum atomic E-state index is 12.8. The summed E-state index contributed by atoms with van der Waals surface area (Å²) in [6.45, 7) is 1.71. The summed E-state index contributed by atoms with van der Waals surface area (Å²) < 4.78 is 38.3. The fourth-order valence-corrected chi connectivity index (χ4v) is 2.35. The van der Waals surface area contributed by atoms with Crippen LogP contribution in [0.2, 0.25) is 5.02 Å². The predicted octanol–water partition coefficient (Wildman–Crippen LogP) is 3.93. The number of rotatable bonds is 2. The maximum Gasteiger partial charge on any atom is 0.417 e. The Hall–Kier alpha value is -1.79. The average Bonchev–Trinajstić information content (AvgIpc) is 2.39. The van der Waals surface area contributed by atoms with Gasteiger partial charge in [-0.3, -0.25) is 4.79 Å². The van der Waals surface area contributed by atoms with Gasteiger partial charge in [-0.25, -0.2) is 0 Å². The van der Waals surface area contributed by atoms with Gasteiger partial charge >= 0.3 is 6.18 Å². The van der Waals surface area contributed by atoms with Gasteiger partial charge in [0.15, 0.2) is 5.60 Å². The molecule has 0 fully saturated rings. The molecule has 0 bridgehead atoms. The lowest BCUT2D eigenvalue weighted by Crippen LogP contribution is -2.41. The summed E-state index contributed by atoms with van der Waals surface area (Å²) in [7, 11) is 0. The highest BCUT2D eigenvalue weighted by Crippen LogP contribution is 2.36. The number of amides is 1. The minimum absolute atomic E-state index is 0.0515. The van der Waals surface area contributed by atoms with Crippen molar-refractivity contribution < 1.29 is 23.1 Å². The number of alkyl halides is 3. The van der Waals surface area contributed by atoms with Crippen LogP contribution < -0.4 is 5.32 Å². The second kappa shape index (κ2) is 5.78. The average molecular weight is 332 g/mol. The minimum Gasteiger partial charge on any atom is -0.376 e. The summed E-state index contributed by atoms with van der Waals surface area (Å²) in [6.07, 6.45) is 0.154. The number of hydrogen-bond acceptors (Lipinski definition) is 2. The largest absolute Gasteiger partial charge is 0.417 e. The van der Waals surface area contributed by atoms with E-state index in [1.807, 2.05) is 0 Å². The van der Waals surface area contributed by atoms with Gasteiger partial charge < -0.3 is 10.4 Å². The number of halogens is 4. The van der Waals surface area contributed by atoms with Gasteiger partial charge in [0.25, 0.3) is 5.91 Å². The zero-order chi connectivity index (χ0) is 16.5. The van der Waals surface area contributed by atoms with Crippen LogP contribution in [-0.2, 0) is 11.0 Å². The number of carbonyl (C=O) groups excluding carboxylic acids is 1. The van der Waals surface area contributed by atoms with Crippen LogP contribution in [0.25, 0.3) is 0 Å². The summed E-state index contributed by atoms with van der Waals surface area (Å²) in [6, 6.07) is 3.03.